The normalized spacial score (nSPS) is 11.0. The van der Waals surface area contributed by atoms with Crippen molar-refractivity contribution in [2.75, 3.05) is 12.3 Å². The van der Waals surface area contributed by atoms with Gasteiger partial charge in [0, 0.05) is 0 Å². The van der Waals surface area contributed by atoms with Gasteiger partial charge >= 0.3 is 0 Å². The van der Waals surface area contributed by atoms with Crippen molar-refractivity contribution in [3.05, 3.63) is 0 Å². The first kappa shape index (κ1) is 21.2. The highest BCUT2D eigenvalue weighted by molar-refractivity contribution is 8.93. The molecule has 112 valence electrons. The molecule has 0 aliphatic rings. The lowest BCUT2D eigenvalue weighted by molar-refractivity contribution is 0.563. The zero-order valence-corrected chi connectivity index (χ0v) is 15.5. The molecule has 0 radical (unpaired) electrons. The van der Waals surface area contributed by atoms with Crippen LogP contribution in [0.15, 0.2) is 0 Å². The van der Waals surface area contributed by atoms with E-state index in [4.69, 9.17) is 0 Å². The Morgan fingerprint density at radius 2 is 0.889 bits per heavy atom. The third-order valence-corrected chi connectivity index (χ3v) is 4.83. The fourth-order valence-corrected chi connectivity index (χ4v) is 3.52. The van der Waals surface area contributed by atoms with E-state index in [1.807, 2.05) is 0 Å². The second-order valence-corrected chi connectivity index (χ2v) is 6.79. The van der Waals surface area contributed by atoms with Crippen LogP contribution in [0.2, 0.25) is 0 Å². The van der Waals surface area contributed by atoms with Gasteiger partial charge in [0.15, 0.2) is 0 Å². The van der Waals surface area contributed by atoms with Crippen LogP contribution in [0.5, 0.6) is 0 Å². The second-order valence-electron chi connectivity index (χ2n) is 5.29. The molecule has 0 aromatic carbocycles. The fourth-order valence-electron chi connectivity index (χ4n) is 2.16. The van der Waals surface area contributed by atoms with Gasteiger partial charge in [0.25, 0.3) is 0 Å². The van der Waals surface area contributed by atoms with Crippen LogP contribution in [0.25, 0.3) is 0 Å². The van der Waals surface area contributed by atoms with Gasteiger partial charge in [0.05, 0.1) is 0 Å². The summed E-state index contributed by atoms with van der Waals surface area (Å²) in [5.74, 6) is 0. The molecule has 0 aromatic heterocycles. The van der Waals surface area contributed by atoms with Crippen molar-refractivity contribution >= 4 is 25.6 Å². The van der Waals surface area contributed by atoms with Crippen molar-refractivity contribution in [2.45, 2.75) is 90.9 Å². The average molecular weight is 339 g/mol. The van der Waals surface area contributed by atoms with Gasteiger partial charge in [-0.15, -0.1) is 25.6 Å². The molecule has 0 aliphatic carbocycles. The quantitative estimate of drug-likeness (QED) is 0.237. The van der Waals surface area contributed by atoms with Gasteiger partial charge in [-0.25, -0.2) is 0 Å². The average Bonchev–Trinajstić information content (AvgIpc) is 2.35. The molecule has 0 bridgehead atoms. The summed E-state index contributed by atoms with van der Waals surface area (Å²) in [7, 11) is 1.25. The van der Waals surface area contributed by atoms with E-state index in [9.17, 15) is 0 Å². The van der Waals surface area contributed by atoms with Crippen LogP contribution < -0.4 is 0 Å². The maximum absolute atomic E-state index is 2.30. The minimum atomic E-state index is 0. The first-order valence-electron chi connectivity index (χ1n) is 8.12. The monoisotopic (exact) mass is 338 g/mol. The van der Waals surface area contributed by atoms with E-state index >= 15 is 0 Å². The van der Waals surface area contributed by atoms with Crippen LogP contribution in [0.1, 0.15) is 90.9 Å². The molecule has 0 rings (SSSR count). The van der Waals surface area contributed by atoms with E-state index in [0.29, 0.717) is 0 Å². The maximum atomic E-state index is 2.30. The smallest absolute Gasteiger partial charge is 0.0353 e. The largest absolute Gasteiger partial charge is 0.122 e. The number of unbranched alkanes of at least 4 members (excludes halogenated alkanes) is 10. The van der Waals surface area contributed by atoms with E-state index in [0.717, 1.165) is 0 Å². The summed E-state index contributed by atoms with van der Waals surface area (Å²) in [6.07, 6.45) is 20.5. The van der Waals surface area contributed by atoms with Gasteiger partial charge in [-0.3, -0.25) is 0 Å². The van der Waals surface area contributed by atoms with Gasteiger partial charge in [0.1, 0.15) is 0 Å². The number of hydrogen-bond acceptors (Lipinski definition) is 0. The summed E-state index contributed by atoms with van der Waals surface area (Å²) < 4.78 is 0. The highest BCUT2D eigenvalue weighted by atomic mass is 79.9. The van der Waals surface area contributed by atoms with Crippen molar-refractivity contribution in [2.24, 2.45) is 0 Å². The maximum Gasteiger partial charge on any atom is -0.0353 e. The molecular weight excluding hydrogens is 303 g/mol. The van der Waals surface area contributed by atoms with Crippen LogP contribution in [0.3, 0.4) is 0 Å². The minimum Gasteiger partial charge on any atom is -0.122 e. The molecular formula is C16H36BrP. The number of hydrogen-bond donors (Lipinski definition) is 0. The molecule has 18 heavy (non-hydrogen) atoms. The van der Waals surface area contributed by atoms with Gasteiger partial charge in [-0.05, 0) is 25.2 Å². The molecule has 0 saturated carbocycles. The van der Waals surface area contributed by atoms with Crippen molar-refractivity contribution in [3.8, 4) is 0 Å². The van der Waals surface area contributed by atoms with E-state index in [2.05, 4.69) is 13.8 Å². The van der Waals surface area contributed by atoms with E-state index in [1.54, 1.807) is 0 Å². The van der Waals surface area contributed by atoms with Crippen LogP contribution in [-0.2, 0) is 0 Å². The van der Waals surface area contributed by atoms with Gasteiger partial charge in [0.2, 0.25) is 0 Å². The summed E-state index contributed by atoms with van der Waals surface area (Å²) in [5, 5.41) is 0. The van der Waals surface area contributed by atoms with E-state index in [-0.39, 0.29) is 17.0 Å². The first-order valence-corrected chi connectivity index (χ1v) is 9.54. The molecule has 0 heterocycles. The third-order valence-electron chi connectivity index (χ3n) is 3.41. The van der Waals surface area contributed by atoms with Gasteiger partial charge in [-0.1, -0.05) is 78.1 Å². The van der Waals surface area contributed by atoms with Crippen LogP contribution in [0, 0.1) is 0 Å². The lowest BCUT2D eigenvalue weighted by atomic mass is 10.1. The predicted octanol–water partition coefficient (Wildman–Crippen LogP) is 6.96. The molecule has 0 nitrogen and oxygen atoms in total. The Kier molecular flexibility index (Phi) is 23.8. The summed E-state index contributed by atoms with van der Waals surface area (Å²) >= 11 is 0. The summed E-state index contributed by atoms with van der Waals surface area (Å²) in [6, 6.07) is 0. The topological polar surface area (TPSA) is 0 Å². The van der Waals surface area contributed by atoms with Crippen LogP contribution in [-0.4, -0.2) is 12.3 Å². The molecule has 1 atom stereocenters. The Bertz CT molecular complexity index is 114. The number of rotatable bonds is 14. The Labute approximate surface area is 129 Å². The zero-order chi connectivity index (χ0) is 12.6. The first-order chi connectivity index (χ1) is 8.41. The Morgan fingerprint density at radius 3 is 1.39 bits per heavy atom. The fraction of sp³-hybridized carbons (Fsp3) is 1.00. The van der Waals surface area contributed by atoms with Gasteiger partial charge < -0.3 is 0 Å². The highest BCUT2D eigenvalue weighted by Gasteiger charge is 1.93. The summed E-state index contributed by atoms with van der Waals surface area (Å²) in [4.78, 5) is 0. The molecule has 0 saturated heterocycles. The van der Waals surface area contributed by atoms with Gasteiger partial charge in [-0.2, -0.15) is 0 Å². The molecule has 0 spiro atoms. The summed E-state index contributed by atoms with van der Waals surface area (Å²) in [6.45, 7) is 4.59. The van der Waals surface area contributed by atoms with E-state index < -0.39 is 0 Å². The van der Waals surface area contributed by atoms with Crippen molar-refractivity contribution in [1.29, 1.82) is 0 Å². The molecule has 2 heteroatoms. The zero-order valence-electron chi connectivity index (χ0n) is 12.8. The standard InChI is InChI=1S/C16H35P.BrH/c1-3-5-7-8-9-10-11-12-13-14-16-17-15-6-4-2;/h17H,3-16H2,1-2H3;1H. The lowest BCUT2D eigenvalue weighted by Crippen LogP contribution is -1.84. The molecule has 0 aliphatic heterocycles. The highest BCUT2D eigenvalue weighted by Crippen LogP contribution is 2.17. The molecule has 0 fully saturated rings. The molecule has 0 N–H and O–H groups in total. The Morgan fingerprint density at radius 1 is 0.500 bits per heavy atom. The summed E-state index contributed by atoms with van der Waals surface area (Å²) in [5.41, 5.74) is 0. The van der Waals surface area contributed by atoms with E-state index in [1.165, 1.54) is 98.0 Å². The number of halogens is 1. The van der Waals surface area contributed by atoms with Crippen molar-refractivity contribution in [1.82, 2.24) is 0 Å². The lowest BCUT2D eigenvalue weighted by Gasteiger charge is -2.02. The SMILES string of the molecule is Br.CCCCCCCCCCCCPCCCC. The van der Waals surface area contributed by atoms with Crippen molar-refractivity contribution in [3.63, 3.8) is 0 Å². The molecule has 0 amide bonds. The second kappa shape index (κ2) is 20.2. The van der Waals surface area contributed by atoms with Crippen molar-refractivity contribution < 1.29 is 0 Å². The van der Waals surface area contributed by atoms with Crippen LogP contribution in [0.4, 0.5) is 0 Å². The third kappa shape index (κ3) is 19.3. The minimum absolute atomic E-state index is 0. The molecule has 0 aromatic rings. The predicted molar refractivity (Wildman–Crippen MR) is 95.1 cm³/mol. The molecule has 1 unspecified atom stereocenters. The van der Waals surface area contributed by atoms with Crippen LogP contribution >= 0.6 is 25.6 Å². The Hall–Kier alpha value is 0.910. The Balaban J connectivity index is 0.